The van der Waals surface area contributed by atoms with Gasteiger partial charge in [0.05, 0.1) is 16.1 Å². The molecule has 0 bridgehead atoms. The number of nitrogen functional groups attached to an aromatic ring is 1. The number of rotatable bonds is 6. The highest BCUT2D eigenvalue weighted by Gasteiger charge is 2.14. The van der Waals surface area contributed by atoms with E-state index in [0.29, 0.717) is 22.4 Å². The molecule has 164 valence electrons. The maximum Gasteiger partial charge on any atom is 0.308 e. The monoisotopic (exact) mass is 451 g/mol. The second kappa shape index (κ2) is 9.04. The first kappa shape index (κ1) is 22.7. The van der Waals surface area contributed by atoms with Crippen LogP contribution in [-0.4, -0.2) is 20.3 Å². The Kier molecular flexibility index (Phi) is 6.42. The minimum absolute atomic E-state index is 0.0387. The number of ether oxygens (including phenoxy) is 1. The molecule has 0 spiro atoms. The van der Waals surface area contributed by atoms with Crippen molar-refractivity contribution < 1.29 is 22.7 Å². The highest BCUT2D eigenvalue weighted by Crippen LogP contribution is 2.31. The number of carbonyl (C=O) groups is 2. The van der Waals surface area contributed by atoms with E-state index in [1.165, 1.54) is 19.1 Å². The van der Waals surface area contributed by atoms with Crippen LogP contribution in [0.4, 0.5) is 5.69 Å². The van der Waals surface area contributed by atoms with Gasteiger partial charge in [0.25, 0.3) is 5.91 Å². The first-order chi connectivity index (χ1) is 15.0. The van der Waals surface area contributed by atoms with Crippen molar-refractivity contribution in [1.29, 1.82) is 0 Å². The van der Waals surface area contributed by atoms with Crippen LogP contribution in [0.25, 0.3) is 23.3 Å². The normalized spacial score (nSPS) is 11.4. The second-order valence-corrected chi connectivity index (χ2v) is 8.52. The number of anilines is 1. The Morgan fingerprint density at radius 1 is 0.906 bits per heavy atom. The first-order valence-corrected chi connectivity index (χ1v) is 10.9. The number of primary sulfonamides is 1. The van der Waals surface area contributed by atoms with Gasteiger partial charge < -0.3 is 16.2 Å². The van der Waals surface area contributed by atoms with Gasteiger partial charge >= 0.3 is 5.97 Å². The van der Waals surface area contributed by atoms with Gasteiger partial charge in [0.1, 0.15) is 5.75 Å². The molecule has 0 unspecified atom stereocenters. The predicted octanol–water partition coefficient (Wildman–Crippen LogP) is 2.78. The Labute approximate surface area is 185 Å². The zero-order valence-electron chi connectivity index (χ0n) is 17.1. The van der Waals surface area contributed by atoms with Crippen molar-refractivity contribution in [3.8, 4) is 16.9 Å². The average Bonchev–Trinajstić information content (AvgIpc) is 2.73. The van der Waals surface area contributed by atoms with Gasteiger partial charge in [0.2, 0.25) is 10.0 Å². The molecule has 1 amide bonds. The van der Waals surface area contributed by atoms with Crippen molar-refractivity contribution in [2.75, 3.05) is 5.73 Å². The Bertz CT molecular complexity index is 1310. The summed E-state index contributed by atoms with van der Waals surface area (Å²) in [6.07, 6.45) is 3.58. The number of amides is 1. The lowest BCUT2D eigenvalue weighted by Gasteiger charge is -2.12. The van der Waals surface area contributed by atoms with E-state index in [1.807, 2.05) is 6.08 Å². The summed E-state index contributed by atoms with van der Waals surface area (Å²) in [6, 6.07) is 16.0. The molecule has 0 aliphatic rings. The maximum atomic E-state index is 11.9. The van der Waals surface area contributed by atoms with E-state index in [2.05, 4.69) is 0 Å². The molecule has 0 aromatic heterocycles. The maximum absolute atomic E-state index is 11.9. The predicted molar refractivity (Wildman–Crippen MR) is 123 cm³/mol. The number of hydrogen-bond acceptors (Lipinski definition) is 6. The summed E-state index contributed by atoms with van der Waals surface area (Å²) >= 11 is 0. The number of carbonyl (C=O) groups excluding carboxylic acids is 2. The fourth-order valence-electron chi connectivity index (χ4n) is 3.04. The molecule has 0 fully saturated rings. The van der Waals surface area contributed by atoms with Crippen molar-refractivity contribution in [3.63, 3.8) is 0 Å². The van der Waals surface area contributed by atoms with Gasteiger partial charge in [0.15, 0.2) is 0 Å². The van der Waals surface area contributed by atoms with Crippen LogP contribution in [0.2, 0.25) is 0 Å². The first-order valence-electron chi connectivity index (χ1n) is 9.38. The van der Waals surface area contributed by atoms with E-state index in [4.69, 9.17) is 21.3 Å². The van der Waals surface area contributed by atoms with E-state index >= 15 is 0 Å². The summed E-state index contributed by atoms with van der Waals surface area (Å²) in [6.45, 7) is 1.32. The summed E-state index contributed by atoms with van der Waals surface area (Å²) in [5, 5.41) is 5.14. The van der Waals surface area contributed by atoms with Gasteiger partial charge in [-0.25, -0.2) is 13.6 Å². The molecule has 0 radical (unpaired) electrons. The SMILES string of the molecule is CC(=O)Oc1ccc(/C=C/c2cc(C(N)=O)c(N)c(-c3ccc(S(N)(=O)=O)cc3)c2)cc1. The van der Waals surface area contributed by atoms with Gasteiger partial charge in [0, 0.05) is 12.5 Å². The molecule has 3 aromatic rings. The molecule has 9 heteroatoms. The largest absolute Gasteiger partial charge is 0.427 e. The van der Waals surface area contributed by atoms with Crippen molar-refractivity contribution in [3.05, 3.63) is 77.4 Å². The third-order valence-corrected chi connectivity index (χ3v) is 5.50. The fourth-order valence-corrected chi connectivity index (χ4v) is 3.56. The lowest BCUT2D eigenvalue weighted by molar-refractivity contribution is -0.131. The summed E-state index contributed by atoms with van der Waals surface area (Å²) in [4.78, 5) is 22.9. The summed E-state index contributed by atoms with van der Waals surface area (Å²) in [5.41, 5.74) is 14.6. The highest BCUT2D eigenvalue weighted by atomic mass is 32.2. The van der Waals surface area contributed by atoms with Crippen LogP contribution in [0.5, 0.6) is 5.75 Å². The smallest absolute Gasteiger partial charge is 0.308 e. The van der Waals surface area contributed by atoms with Gasteiger partial charge in [-0.3, -0.25) is 9.59 Å². The molecule has 0 aliphatic heterocycles. The number of primary amides is 1. The van der Waals surface area contributed by atoms with Crippen LogP contribution < -0.4 is 21.3 Å². The third kappa shape index (κ3) is 5.39. The molecule has 0 atom stereocenters. The van der Waals surface area contributed by atoms with E-state index < -0.39 is 21.9 Å². The average molecular weight is 452 g/mol. The summed E-state index contributed by atoms with van der Waals surface area (Å²) in [5.74, 6) is -0.659. The van der Waals surface area contributed by atoms with Gasteiger partial charge in [-0.05, 0) is 53.1 Å². The number of esters is 1. The quantitative estimate of drug-likeness (QED) is 0.226. The lowest BCUT2D eigenvalue weighted by Crippen LogP contribution is -2.14. The number of benzene rings is 3. The van der Waals surface area contributed by atoms with Gasteiger partial charge in [-0.15, -0.1) is 0 Å². The van der Waals surface area contributed by atoms with Crippen LogP contribution in [0.1, 0.15) is 28.4 Å². The zero-order valence-corrected chi connectivity index (χ0v) is 17.9. The van der Waals surface area contributed by atoms with Crippen LogP contribution in [0, 0.1) is 0 Å². The molecule has 8 nitrogen and oxygen atoms in total. The van der Waals surface area contributed by atoms with Crippen LogP contribution in [0.3, 0.4) is 0 Å². The number of sulfonamides is 1. The minimum Gasteiger partial charge on any atom is -0.427 e. The fraction of sp³-hybridized carbons (Fsp3) is 0.0435. The molecule has 0 saturated heterocycles. The molecule has 3 aromatic carbocycles. The summed E-state index contributed by atoms with van der Waals surface area (Å²) < 4.78 is 28.0. The van der Waals surface area contributed by atoms with Crippen LogP contribution in [0.15, 0.2) is 65.6 Å². The van der Waals surface area contributed by atoms with Crippen molar-refractivity contribution in [1.82, 2.24) is 0 Å². The van der Waals surface area contributed by atoms with Gasteiger partial charge in [-0.1, -0.05) is 36.4 Å². The van der Waals surface area contributed by atoms with Gasteiger partial charge in [-0.2, -0.15) is 0 Å². The Hall–Kier alpha value is -3.95. The van der Waals surface area contributed by atoms with E-state index in [9.17, 15) is 18.0 Å². The Morgan fingerprint density at radius 3 is 2.03 bits per heavy atom. The number of nitrogens with two attached hydrogens (primary N) is 3. The minimum atomic E-state index is -3.83. The van der Waals surface area contributed by atoms with Crippen molar-refractivity contribution >= 4 is 39.7 Å². The molecule has 6 N–H and O–H groups in total. The molecular formula is C23H21N3O5S. The van der Waals surface area contributed by atoms with E-state index in [-0.39, 0.29) is 16.1 Å². The topological polar surface area (TPSA) is 156 Å². The van der Waals surface area contributed by atoms with Crippen LogP contribution >= 0.6 is 0 Å². The van der Waals surface area contributed by atoms with Crippen molar-refractivity contribution in [2.45, 2.75) is 11.8 Å². The molecule has 3 rings (SSSR count). The zero-order chi connectivity index (χ0) is 23.5. The van der Waals surface area contributed by atoms with Crippen LogP contribution in [-0.2, 0) is 14.8 Å². The van der Waals surface area contributed by atoms with Crippen molar-refractivity contribution in [2.24, 2.45) is 10.9 Å². The second-order valence-electron chi connectivity index (χ2n) is 6.96. The van der Waals surface area contributed by atoms with E-state index in [0.717, 1.165) is 5.56 Å². The molecule has 32 heavy (non-hydrogen) atoms. The number of hydrogen-bond donors (Lipinski definition) is 3. The van der Waals surface area contributed by atoms with E-state index in [1.54, 1.807) is 54.6 Å². The molecular weight excluding hydrogens is 430 g/mol. The Morgan fingerprint density at radius 2 is 1.50 bits per heavy atom. The highest BCUT2D eigenvalue weighted by molar-refractivity contribution is 7.89. The third-order valence-electron chi connectivity index (χ3n) is 4.57. The standard InChI is InChI=1S/C23H21N3O5S/c1-14(27)31-18-8-4-15(5-9-18)2-3-16-12-20(22(24)21(13-16)23(25)28)17-6-10-19(11-7-17)32(26,29)30/h2-13H,24H2,1H3,(H2,25,28)(H2,26,29,30)/b3-2+. The molecule has 0 heterocycles. The summed E-state index contributed by atoms with van der Waals surface area (Å²) in [7, 11) is -3.83. The molecule has 0 aliphatic carbocycles. The lowest BCUT2D eigenvalue weighted by atomic mass is 9.96. The Balaban J connectivity index is 1.98. The molecule has 0 saturated carbocycles.